The predicted molar refractivity (Wildman–Crippen MR) is 130 cm³/mol. The van der Waals surface area contributed by atoms with Crippen LogP contribution in [0, 0.1) is 16.7 Å². The standard InChI is InChI=1S/C26H42O10/c1-7-33-21(27)25(22(28)34-8-2)17-14-15-19(25)20(32-6)26(23(29)35-9-3,24(30)36-10-4)16-12-11-13-18-31-5/h13,18-20H,7-12,14-17H2,1-6H3/b18-13-. The second-order valence-corrected chi connectivity index (χ2v) is 8.48. The molecule has 0 aromatic rings. The number of hydrogen-bond donors (Lipinski definition) is 0. The summed E-state index contributed by atoms with van der Waals surface area (Å²) < 4.78 is 32.2. The van der Waals surface area contributed by atoms with Gasteiger partial charge in [0.25, 0.3) is 0 Å². The van der Waals surface area contributed by atoms with Crippen LogP contribution in [0.4, 0.5) is 0 Å². The number of esters is 4. The smallest absolute Gasteiger partial charge is 0.326 e. The molecule has 0 aromatic carbocycles. The van der Waals surface area contributed by atoms with Gasteiger partial charge in [0.2, 0.25) is 0 Å². The summed E-state index contributed by atoms with van der Waals surface area (Å²) in [6, 6.07) is 0. The molecule has 1 fully saturated rings. The largest absolute Gasteiger partial charge is 0.505 e. The Kier molecular flexibility index (Phi) is 13.5. The lowest BCUT2D eigenvalue weighted by molar-refractivity contribution is -0.199. The molecular weight excluding hydrogens is 472 g/mol. The number of hydrogen-bond acceptors (Lipinski definition) is 10. The summed E-state index contributed by atoms with van der Waals surface area (Å²) in [5.74, 6) is -4.03. The van der Waals surface area contributed by atoms with Crippen molar-refractivity contribution in [2.45, 2.75) is 72.3 Å². The SMILES string of the molecule is CCOC(=O)C1(C(=O)OCC)CCCC1C(OC)C(CCC/C=C\OC)(C(=O)OCC)C(=O)OCC. The van der Waals surface area contributed by atoms with E-state index >= 15 is 0 Å². The third kappa shape index (κ3) is 6.57. The fourth-order valence-corrected chi connectivity index (χ4v) is 5.11. The van der Waals surface area contributed by atoms with E-state index in [1.165, 1.54) is 20.5 Å². The number of rotatable bonds is 16. The quantitative estimate of drug-likeness (QED) is 0.0995. The predicted octanol–water partition coefficient (Wildman–Crippen LogP) is 3.36. The van der Waals surface area contributed by atoms with Crippen LogP contribution >= 0.6 is 0 Å². The Bertz CT molecular complexity index is 724. The van der Waals surface area contributed by atoms with E-state index in [1.807, 2.05) is 0 Å². The molecular formula is C26H42O10. The summed E-state index contributed by atoms with van der Waals surface area (Å²) in [6.07, 6.45) is 3.90. The summed E-state index contributed by atoms with van der Waals surface area (Å²) >= 11 is 0. The van der Waals surface area contributed by atoms with Gasteiger partial charge in [0, 0.05) is 13.0 Å². The molecule has 0 heterocycles. The highest BCUT2D eigenvalue weighted by atomic mass is 16.6. The minimum atomic E-state index is -1.92. The maximum Gasteiger partial charge on any atom is 0.326 e. The normalized spacial score (nSPS) is 17.9. The van der Waals surface area contributed by atoms with E-state index in [0.717, 1.165) is 0 Å². The van der Waals surface area contributed by atoms with Crippen molar-refractivity contribution in [1.29, 1.82) is 0 Å². The lowest BCUT2D eigenvalue weighted by atomic mass is 9.64. The molecule has 1 saturated carbocycles. The lowest BCUT2D eigenvalue weighted by Crippen LogP contribution is -2.59. The van der Waals surface area contributed by atoms with Gasteiger partial charge < -0.3 is 28.4 Å². The van der Waals surface area contributed by atoms with Gasteiger partial charge in [0.05, 0.1) is 45.9 Å². The lowest BCUT2D eigenvalue weighted by Gasteiger charge is -2.42. The van der Waals surface area contributed by atoms with Crippen LogP contribution in [0.1, 0.15) is 66.2 Å². The number of methoxy groups -OCH3 is 2. The summed E-state index contributed by atoms with van der Waals surface area (Å²) in [7, 11) is 2.87. The highest BCUT2D eigenvalue weighted by Crippen LogP contribution is 2.53. The van der Waals surface area contributed by atoms with E-state index in [9.17, 15) is 19.2 Å². The first kappa shape index (κ1) is 31.4. The first-order chi connectivity index (χ1) is 17.3. The van der Waals surface area contributed by atoms with Crippen LogP contribution < -0.4 is 0 Å². The van der Waals surface area contributed by atoms with Crippen LogP contribution in [0.15, 0.2) is 12.3 Å². The second kappa shape index (κ2) is 15.5. The minimum absolute atomic E-state index is 0.00938. The van der Waals surface area contributed by atoms with Crippen molar-refractivity contribution in [3.05, 3.63) is 12.3 Å². The average molecular weight is 515 g/mol. The van der Waals surface area contributed by atoms with Gasteiger partial charge in [0.1, 0.15) is 0 Å². The molecule has 10 heteroatoms. The molecule has 0 aromatic heterocycles. The molecule has 1 rings (SSSR count). The van der Waals surface area contributed by atoms with Gasteiger partial charge >= 0.3 is 23.9 Å². The van der Waals surface area contributed by atoms with Crippen molar-refractivity contribution in [1.82, 2.24) is 0 Å². The molecule has 10 nitrogen and oxygen atoms in total. The van der Waals surface area contributed by atoms with Crippen LogP contribution in [0.2, 0.25) is 0 Å². The van der Waals surface area contributed by atoms with Crippen molar-refractivity contribution >= 4 is 23.9 Å². The summed E-state index contributed by atoms with van der Waals surface area (Å²) in [4.78, 5) is 53.8. The van der Waals surface area contributed by atoms with E-state index in [-0.39, 0.29) is 39.3 Å². The Morgan fingerprint density at radius 2 is 1.42 bits per heavy atom. The van der Waals surface area contributed by atoms with Crippen molar-refractivity contribution < 1.29 is 47.6 Å². The van der Waals surface area contributed by atoms with E-state index in [0.29, 0.717) is 25.7 Å². The monoisotopic (exact) mass is 514 g/mol. The molecule has 0 N–H and O–H groups in total. The van der Waals surface area contributed by atoms with Crippen LogP contribution in [-0.2, 0) is 47.6 Å². The highest BCUT2D eigenvalue weighted by molar-refractivity contribution is 6.03. The zero-order chi connectivity index (χ0) is 27.2. The zero-order valence-corrected chi connectivity index (χ0v) is 22.5. The molecule has 1 aliphatic carbocycles. The van der Waals surface area contributed by atoms with Gasteiger partial charge in [-0.25, -0.2) is 0 Å². The van der Waals surface area contributed by atoms with Crippen molar-refractivity contribution in [2.24, 2.45) is 16.7 Å². The Balaban J connectivity index is 3.74. The van der Waals surface area contributed by atoms with Gasteiger partial charge in [-0.15, -0.1) is 0 Å². The average Bonchev–Trinajstić information content (AvgIpc) is 3.29. The number of allylic oxidation sites excluding steroid dienone is 1. The summed E-state index contributed by atoms with van der Waals surface area (Å²) in [5.41, 5.74) is -3.65. The van der Waals surface area contributed by atoms with Crippen molar-refractivity contribution in [3.8, 4) is 0 Å². The molecule has 0 saturated heterocycles. The number of unbranched alkanes of at least 4 members (excludes halogenated alkanes) is 1. The van der Waals surface area contributed by atoms with E-state index in [4.69, 9.17) is 28.4 Å². The van der Waals surface area contributed by atoms with Crippen LogP contribution in [0.5, 0.6) is 0 Å². The molecule has 0 radical (unpaired) electrons. The van der Waals surface area contributed by atoms with Gasteiger partial charge in [-0.1, -0.05) is 6.42 Å². The topological polar surface area (TPSA) is 124 Å². The Labute approximate surface area is 213 Å². The molecule has 0 bridgehead atoms. The molecule has 0 amide bonds. The highest BCUT2D eigenvalue weighted by Gasteiger charge is 2.67. The van der Waals surface area contributed by atoms with Crippen LogP contribution in [0.3, 0.4) is 0 Å². The van der Waals surface area contributed by atoms with Crippen molar-refractivity contribution in [3.63, 3.8) is 0 Å². The van der Waals surface area contributed by atoms with E-state index in [1.54, 1.807) is 33.8 Å². The Hall–Kier alpha value is -2.62. The van der Waals surface area contributed by atoms with E-state index in [2.05, 4.69) is 0 Å². The number of carbonyl (C=O) groups is 4. The van der Waals surface area contributed by atoms with Crippen LogP contribution in [-0.4, -0.2) is 70.6 Å². The summed E-state index contributed by atoms with van der Waals surface area (Å²) in [6.45, 7) is 6.69. The third-order valence-corrected chi connectivity index (χ3v) is 6.56. The van der Waals surface area contributed by atoms with Gasteiger partial charge in [-0.2, -0.15) is 0 Å². The van der Waals surface area contributed by atoms with E-state index < -0.39 is 46.7 Å². The van der Waals surface area contributed by atoms with Gasteiger partial charge in [-0.3, -0.25) is 19.2 Å². The van der Waals surface area contributed by atoms with Gasteiger partial charge in [-0.05, 0) is 65.9 Å². The molecule has 1 aliphatic rings. The fourth-order valence-electron chi connectivity index (χ4n) is 5.11. The zero-order valence-electron chi connectivity index (χ0n) is 22.5. The Morgan fingerprint density at radius 1 is 0.889 bits per heavy atom. The molecule has 0 spiro atoms. The maximum absolute atomic E-state index is 13.6. The maximum atomic E-state index is 13.6. The number of carbonyl (C=O) groups excluding carboxylic acids is 4. The molecule has 2 unspecified atom stereocenters. The fraction of sp³-hybridized carbons (Fsp3) is 0.769. The second-order valence-electron chi connectivity index (χ2n) is 8.48. The minimum Gasteiger partial charge on any atom is -0.505 e. The molecule has 2 atom stereocenters. The molecule has 206 valence electrons. The first-order valence-corrected chi connectivity index (χ1v) is 12.7. The number of ether oxygens (including phenoxy) is 6. The first-order valence-electron chi connectivity index (χ1n) is 12.7. The van der Waals surface area contributed by atoms with Gasteiger partial charge in [0.15, 0.2) is 10.8 Å². The Morgan fingerprint density at radius 3 is 1.86 bits per heavy atom. The third-order valence-electron chi connectivity index (χ3n) is 6.56. The van der Waals surface area contributed by atoms with Crippen molar-refractivity contribution in [2.75, 3.05) is 40.6 Å². The summed E-state index contributed by atoms with van der Waals surface area (Å²) in [5, 5.41) is 0. The molecule has 0 aliphatic heterocycles. The molecule has 36 heavy (non-hydrogen) atoms. The van der Waals surface area contributed by atoms with Crippen LogP contribution in [0.25, 0.3) is 0 Å².